The molecule has 2 radical (unpaired) electrons. The van der Waals surface area contributed by atoms with Crippen molar-refractivity contribution < 1.29 is 9.59 Å². The van der Waals surface area contributed by atoms with Gasteiger partial charge in [0.25, 0.3) is 7.98 Å². The molecule has 0 heterocycles. The van der Waals surface area contributed by atoms with Crippen LogP contribution in [0.2, 0.25) is 0 Å². The summed E-state index contributed by atoms with van der Waals surface area (Å²) >= 11 is 0. The Balaban J connectivity index is 4.32. The highest BCUT2D eigenvalue weighted by atomic mass is 16.1. The first kappa shape index (κ1) is 12.1. The van der Waals surface area contributed by atoms with Gasteiger partial charge in [-0.2, -0.15) is 0 Å². The Bertz CT molecular complexity index is 234. The number of nitrogens with zero attached hydrogens (tertiary/aromatic N) is 1. The zero-order valence-corrected chi connectivity index (χ0v) is 8.33. The highest BCUT2D eigenvalue weighted by molar-refractivity contribution is 6.45. The molecule has 0 aliphatic carbocycles. The number of rotatable bonds is 5. The molecule has 0 aromatic rings. The molecule has 0 aliphatic rings. The second kappa shape index (κ2) is 5.67. The Morgan fingerprint density at radius 1 is 1.38 bits per heavy atom. The number of ketones is 2. The van der Waals surface area contributed by atoms with Crippen molar-refractivity contribution in [2.24, 2.45) is 10.8 Å². The van der Waals surface area contributed by atoms with Gasteiger partial charge in [-0.05, 0) is 0 Å². The molecule has 0 saturated carbocycles. The van der Waals surface area contributed by atoms with E-state index in [0.717, 1.165) is 0 Å². The van der Waals surface area contributed by atoms with Crippen molar-refractivity contribution >= 4 is 25.3 Å². The maximum atomic E-state index is 11.2. The number of hydrogen-bond donors (Lipinski definition) is 0. The van der Waals surface area contributed by atoms with Crippen molar-refractivity contribution in [2.75, 3.05) is 0 Å². The SMILES string of the molecule is [B]N=C(CC(=O)C(C)C)C(=O)CC. The van der Waals surface area contributed by atoms with Crippen molar-refractivity contribution in [1.82, 2.24) is 0 Å². The average Bonchev–Trinajstić information content (AvgIpc) is 2.12. The van der Waals surface area contributed by atoms with Crippen LogP contribution in [0.4, 0.5) is 0 Å². The molecule has 4 heteroatoms. The van der Waals surface area contributed by atoms with Gasteiger partial charge in [0.1, 0.15) is 5.78 Å². The zero-order valence-electron chi connectivity index (χ0n) is 8.33. The first-order valence-electron chi connectivity index (χ1n) is 4.35. The van der Waals surface area contributed by atoms with Crippen LogP contribution in [0.1, 0.15) is 33.6 Å². The highest BCUT2D eigenvalue weighted by Gasteiger charge is 2.14. The molecule has 0 bridgehead atoms. The maximum absolute atomic E-state index is 11.2. The van der Waals surface area contributed by atoms with E-state index in [4.69, 9.17) is 7.98 Å². The molecule has 3 nitrogen and oxygen atoms in total. The van der Waals surface area contributed by atoms with Gasteiger partial charge >= 0.3 is 0 Å². The molecule has 13 heavy (non-hydrogen) atoms. The molecule has 70 valence electrons. The fraction of sp³-hybridized carbons (Fsp3) is 0.667. The Morgan fingerprint density at radius 2 is 1.92 bits per heavy atom. The molecule has 0 fully saturated rings. The number of carbonyl (C=O) groups excluding carboxylic acids is 2. The van der Waals surface area contributed by atoms with Crippen LogP contribution >= 0.6 is 0 Å². The number of carbonyl (C=O) groups is 2. The lowest BCUT2D eigenvalue weighted by molar-refractivity contribution is -0.121. The third-order valence-corrected chi connectivity index (χ3v) is 1.78. The predicted molar refractivity (Wildman–Crippen MR) is 52.9 cm³/mol. The molecular weight excluding hydrogens is 165 g/mol. The van der Waals surface area contributed by atoms with Crippen molar-refractivity contribution in [3.05, 3.63) is 0 Å². The second-order valence-electron chi connectivity index (χ2n) is 3.15. The summed E-state index contributed by atoms with van der Waals surface area (Å²) in [5.74, 6) is -0.246. The summed E-state index contributed by atoms with van der Waals surface area (Å²) in [6.07, 6.45) is 0.391. The van der Waals surface area contributed by atoms with Crippen LogP contribution < -0.4 is 0 Å². The maximum Gasteiger partial charge on any atom is 0.260 e. The summed E-state index contributed by atoms with van der Waals surface area (Å²) < 4.78 is 0. The van der Waals surface area contributed by atoms with Gasteiger partial charge in [-0.25, -0.2) is 0 Å². The van der Waals surface area contributed by atoms with E-state index < -0.39 is 0 Å². The Hall–Kier alpha value is -0.925. The quantitative estimate of drug-likeness (QED) is 0.468. The molecule has 0 aromatic heterocycles. The Labute approximate surface area is 80.1 Å². The molecule has 0 spiro atoms. The van der Waals surface area contributed by atoms with Gasteiger partial charge in [0.15, 0.2) is 5.78 Å². The molecule has 0 unspecified atom stereocenters. The minimum Gasteiger partial charge on any atom is -0.357 e. The van der Waals surface area contributed by atoms with E-state index in [9.17, 15) is 9.59 Å². The molecule has 0 atom stereocenters. The minimum atomic E-state index is -0.156. The molecule has 0 aromatic carbocycles. The van der Waals surface area contributed by atoms with Crippen LogP contribution in [0, 0.1) is 5.92 Å². The lowest BCUT2D eigenvalue weighted by atomic mass is 10.00. The van der Waals surface area contributed by atoms with Crippen LogP contribution in [0.5, 0.6) is 0 Å². The van der Waals surface area contributed by atoms with E-state index >= 15 is 0 Å². The van der Waals surface area contributed by atoms with Gasteiger partial charge in [0.05, 0.1) is 12.1 Å². The lowest BCUT2D eigenvalue weighted by Gasteiger charge is -2.05. The normalized spacial score (nSPS) is 11.8. The van der Waals surface area contributed by atoms with Crippen molar-refractivity contribution in [3.8, 4) is 0 Å². The average molecular weight is 179 g/mol. The summed E-state index contributed by atoms with van der Waals surface area (Å²) in [5.41, 5.74) is 0.182. The highest BCUT2D eigenvalue weighted by Crippen LogP contribution is 2.02. The third kappa shape index (κ3) is 4.01. The molecule has 0 N–H and O–H groups in total. The van der Waals surface area contributed by atoms with E-state index in [1.807, 2.05) is 0 Å². The second-order valence-corrected chi connectivity index (χ2v) is 3.15. The van der Waals surface area contributed by atoms with Gasteiger partial charge < -0.3 is 4.90 Å². The van der Waals surface area contributed by atoms with Crippen LogP contribution in [-0.4, -0.2) is 25.3 Å². The predicted octanol–water partition coefficient (Wildman–Crippen LogP) is 1.11. The number of hydrogen-bond acceptors (Lipinski definition) is 3. The molecule has 0 rings (SSSR count). The van der Waals surface area contributed by atoms with E-state index in [1.54, 1.807) is 20.8 Å². The van der Waals surface area contributed by atoms with E-state index in [0.29, 0.717) is 6.42 Å². The topological polar surface area (TPSA) is 46.5 Å². The van der Waals surface area contributed by atoms with Gasteiger partial charge in [-0.15, -0.1) is 0 Å². The first-order valence-corrected chi connectivity index (χ1v) is 4.35. The molecular formula is C9H14BNO2. The number of Topliss-reactive ketones (excluding diaryl/α,β-unsaturated/α-hetero) is 2. The van der Waals surface area contributed by atoms with Crippen molar-refractivity contribution in [3.63, 3.8) is 0 Å². The summed E-state index contributed by atoms with van der Waals surface area (Å²) in [4.78, 5) is 25.7. The minimum absolute atomic E-state index is 0.00833. The zero-order chi connectivity index (χ0) is 10.4. The van der Waals surface area contributed by atoms with Crippen molar-refractivity contribution in [2.45, 2.75) is 33.6 Å². The van der Waals surface area contributed by atoms with Gasteiger partial charge in [0.2, 0.25) is 0 Å². The van der Waals surface area contributed by atoms with Crippen LogP contribution in [0.15, 0.2) is 4.90 Å². The first-order chi connectivity index (χ1) is 6.02. The van der Waals surface area contributed by atoms with Crippen molar-refractivity contribution in [1.29, 1.82) is 0 Å². The Kier molecular flexibility index (Phi) is 5.27. The summed E-state index contributed by atoms with van der Waals surface area (Å²) in [7, 11) is 5.01. The monoisotopic (exact) mass is 179 g/mol. The summed E-state index contributed by atoms with van der Waals surface area (Å²) in [6.45, 7) is 5.28. The van der Waals surface area contributed by atoms with Gasteiger partial charge in [-0.3, -0.25) is 9.59 Å². The summed E-state index contributed by atoms with van der Waals surface area (Å²) in [6, 6.07) is 0. The summed E-state index contributed by atoms with van der Waals surface area (Å²) in [5, 5.41) is 0. The standard InChI is InChI=1S/C9H14BNO2/c1-4-8(12)7(11-10)5-9(13)6(2)3/h6H,4-5H2,1-3H3. The van der Waals surface area contributed by atoms with Crippen LogP contribution in [-0.2, 0) is 9.59 Å². The fourth-order valence-corrected chi connectivity index (χ4v) is 0.789. The molecule has 0 amide bonds. The van der Waals surface area contributed by atoms with E-state index in [2.05, 4.69) is 4.90 Å². The lowest BCUT2D eigenvalue weighted by Crippen LogP contribution is -2.20. The van der Waals surface area contributed by atoms with Crippen LogP contribution in [0.25, 0.3) is 0 Å². The van der Waals surface area contributed by atoms with Gasteiger partial charge in [-0.1, -0.05) is 20.8 Å². The van der Waals surface area contributed by atoms with Gasteiger partial charge in [0, 0.05) is 12.3 Å². The molecule has 0 aliphatic heterocycles. The largest absolute Gasteiger partial charge is 0.357 e. The van der Waals surface area contributed by atoms with E-state index in [-0.39, 0.29) is 29.6 Å². The Morgan fingerprint density at radius 3 is 2.23 bits per heavy atom. The van der Waals surface area contributed by atoms with Crippen LogP contribution in [0.3, 0.4) is 0 Å². The third-order valence-electron chi connectivity index (χ3n) is 1.78. The molecule has 0 saturated heterocycles. The van der Waals surface area contributed by atoms with E-state index in [1.165, 1.54) is 0 Å². The smallest absolute Gasteiger partial charge is 0.260 e. The fourth-order valence-electron chi connectivity index (χ4n) is 0.789.